The molecule has 2 aliphatic rings. The molecule has 2 heterocycles. The zero-order valence-corrected chi connectivity index (χ0v) is 17.8. The van der Waals surface area contributed by atoms with Gasteiger partial charge < -0.3 is 14.7 Å². The van der Waals surface area contributed by atoms with E-state index >= 15 is 0 Å². The van der Waals surface area contributed by atoms with E-state index < -0.39 is 0 Å². The van der Waals surface area contributed by atoms with Crippen molar-refractivity contribution in [1.29, 1.82) is 0 Å². The molecule has 7 heteroatoms. The first-order chi connectivity index (χ1) is 14.0. The number of nitrogens with zero attached hydrogens (tertiary/aromatic N) is 2. The molecule has 0 spiro atoms. The molecule has 5 nitrogen and oxygen atoms in total. The zero-order valence-electron chi connectivity index (χ0n) is 16.2. The Bertz CT molecular complexity index is 996. The maximum atomic E-state index is 14.9. The number of aromatic nitrogens is 1. The third-order valence-electron chi connectivity index (χ3n) is 5.55. The molecular weight excluding hydrogens is 439 g/mol. The average Bonchev–Trinajstić information content (AvgIpc) is 2.88. The van der Waals surface area contributed by atoms with Crippen LogP contribution in [0.2, 0.25) is 0 Å². The number of aromatic hydroxyl groups is 1. The summed E-state index contributed by atoms with van der Waals surface area (Å²) < 4.78 is 20.4. The van der Waals surface area contributed by atoms with Gasteiger partial charge >= 0.3 is 6.09 Å². The number of carbonyl (C=O) groups is 1. The molecule has 1 aromatic carbocycles. The lowest BCUT2D eigenvalue weighted by atomic mass is 9.88. The summed E-state index contributed by atoms with van der Waals surface area (Å²) in [5.74, 6) is -0.0834. The first kappa shape index (κ1) is 19.9. The Kier molecular flexibility index (Phi) is 5.58. The van der Waals surface area contributed by atoms with E-state index in [0.29, 0.717) is 61.1 Å². The largest absolute Gasteiger partial charge is 0.508 e. The summed E-state index contributed by atoms with van der Waals surface area (Å²) in [6, 6.07) is 5.30. The molecule has 1 amide bonds. The molecule has 0 atom stereocenters. The smallest absolute Gasteiger partial charge is 0.409 e. The maximum Gasteiger partial charge on any atom is 0.409 e. The van der Waals surface area contributed by atoms with Crippen LogP contribution in [0.5, 0.6) is 5.75 Å². The molecular formula is C22H22BrFN2O3. The van der Waals surface area contributed by atoms with E-state index in [9.17, 15) is 14.3 Å². The van der Waals surface area contributed by atoms with Crippen LogP contribution in [-0.4, -0.2) is 40.8 Å². The van der Waals surface area contributed by atoms with Gasteiger partial charge in [-0.3, -0.25) is 4.98 Å². The van der Waals surface area contributed by atoms with Gasteiger partial charge in [0, 0.05) is 30.4 Å². The van der Waals surface area contributed by atoms with Crippen molar-refractivity contribution < 1.29 is 19.0 Å². The number of benzene rings is 1. The maximum absolute atomic E-state index is 14.9. The lowest BCUT2D eigenvalue weighted by Gasteiger charge is -2.29. The molecule has 1 fully saturated rings. The van der Waals surface area contributed by atoms with Crippen LogP contribution in [0.25, 0.3) is 5.57 Å². The quantitative estimate of drug-likeness (QED) is 0.660. The molecule has 0 bridgehead atoms. The van der Waals surface area contributed by atoms with E-state index in [1.165, 1.54) is 6.20 Å². The third-order valence-corrected chi connectivity index (χ3v) is 6.11. The summed E-state index contributed by atoms with van der Waals surface area (Å²) in [4.78, 5) is 18.3. The fourth-order valence-electron chi connectivity index (χ4n) is 4.15. The minimum absolute atomic E-state index is 0.200. The van der Waals surface area contributed by atoms with Gasteiger partial charge in [0.1, 0.15) is 11.6 Å². The molecule has 1 aliphatic carbocycles. The fraction of sp³-hybridized carbons (Fsp3) is 0.364. The van der Waals surface area contributed by atoms with E-state index in [4.69, 9.17) is 4.74 Å². The summed E-state index contributed by atoms with van der Waals surface area (Å²) >= 11 is 3.25. The van der Waals surface area contributed by atoms with Gasteiger partial charge in [-0.1, -0.05) is 11.6 Å². The van der Waals surface area contributed by atoms with E-state index in [1.807, 2.05) is 6.07 Å². The van der Waals surface area contributed by atoms with Crippen molar-refractivity contribution in [2.45, 2.75) is 32.6 Å². The molecule has 1 N–H and O–H groups in total. The van der Waals surface area contributed by atoms with Crippen LogP contribution in [-0.2, 0) is 17.6 Å². The van der Waals surface area contributed by atoms with Gasteiger partial charge in [-0.25, -0.2) is 9.18 Å². The van der Waals surface area contributed by atoms with Crippen LogP contribution < -0.4 is 0 Å². The molecule has 1 aromatic heterocycles. The van der Waals surface area contributed by atoms with Crippen LogP contribution in [0.15, 0.2) is 34.4 Å². The van der Waals surface area contributed by atoms with E-state index in [1.54, 1.807) is 24.0 Å². The highest BCUT2D eigenvalue weighted by Crippen LogP contribution is 2.40. The molecule has 1 saturated heterocycles. The number of rotatable bonds is 1. The number of amides is 1. The van der Waals surface area contributed by atoms with Crippen molar-refractivity contribution in [3.63, 3.8) is 0 Å². The van der Waals surface area contributed by atoms with Crippen molar-refractivity contribution >= 4 is 27.6 Å². The summed E-state index contributed by atoms with van der Waals surface area (Å²) in [6.45, 7) is 3.26. The van der Waals surface area contributed by atoms with Crippen LogP contribution in [0.1, 0.15) is 42.1 Å². The predicted octanol–water partition coefficient (Wildman–Crippen LogP) is 4.84. The van der Waals surface area contributed by atoms with Crippen LogP contribution >= 0.6 is 15.9 Å². The van der Waals surface area contributed by atoms with E-state index in [0.717, 1.165) is 22.3 Å². The van der Waals surface area contributed by atoms with Gasteiger partial charge in [0.05, 0.1) is 16.8 Å². The number of pyridine rings is 1. The Balaban J connectivity index is 1.81. The second-order valence-corrected chi connectivity index (χ2v) is 8.11. The number of piperidine rings is 1. The minimum atomic E-state index is -0.295. The summed E-state index contributed by atoms with van der Waals surface area (Å²) in [5, 5.41) is 9.97. The number of phenolic OH excluding ortho intramolecular Hbond substituents is 1. The summed E-state index contributed by atoms with van der Waals surface area (Å²) in [5.41, 5.74) is 5.29. The zero-order chi connectivity index (χ0) is 20.5. The van der Waals surface area contributed by atoms with Crippen molar-refractivity contribution in [3.8, 4) is 5.75 Å². The summed E-state index contributed by atoms with van der Waals surface area (Å²) in [7, 11) is 0. The minimum Gasteiger partial charge on any atom is -0.508 e. The Morgan fingerprint density at radius 3 is 2.76 bits per heavy atom. The first-order valence-corrected chi connectivity index (χ1v) is 10.6. The number of carbonyl (C=O) groups excluding carboxylic acids is 1. The van der Waals surface area contributed by atoms with Gasteiger partial charge in [-0.05, 0) is 71.8 Å². The summed E-state index contributed by atoms with van der Waals surface area (Å²) in [6.07, 6.45) is 3.69. The number of ether oxygens (including phenoxy) is 1. The number of hydrogen-bond acceptors (Lipinski definition) is 4. The molecule has 29 heavy (non-hydrogen) atoms. The second-order valence-electron chi connectivity index (χ2n) is 7.25. The van der Waals surface area contributed by atoms with Crippen LogP contribution in [0.3, 0.4) is 0 Å². The lowest BCUT2D eigenvalue weighted by Crippen LogP contribution is -2.37. The first-order valence-electron chi connectivity index (χ1n) is 9.78. The number of aryl methyl sites for hydroxylation is 1. The topological polar surface area (TPSA) is 62.7 Å². The number of likely N-dealkylation sites (tertiary alicyclic amines) is 1. The molecule has 2 aromatic rings. The highest BCUT2D eigenvalue weighted by molar-refractivity contribution is 9.10. The highest BCUT2D eigenvalue weighted by atomic mass is 79.9. The van der Waals surface area contributed by atoms with E-state index in [2.05, 4.69) is 20.9 Å². The molecule has 0 unspecified atom stereocenters. The standard InChI is InChI=1S/C22H22BrFN2O3/c1-2-29-22(28)26-9-7-13(8-10-26)19-16-6-4-15(27)11-14(16)3-5-17-20(24)18(23)12-25-21(17)19/h4,6,11-12,27H,2-3,5,7-10H2,1H3. The lowest BCUT2D eigenvalue weighted by molar-refractivity contribution is 0.104. The van der Waals surface area contributed by atoms with Gasteiger partial charge in [-0.15, -0.1) is 0 Å². The number of hydrogen-bond donors (Lipinski definition) is 1. The Morgan fingerprint density at radius 1 is 1.28 bits per heavy atom. The molecule has 1 aliphatic heterocycles. The number of halogens is 2. The van der Waals surface area contributed by atoms with Crippen molar-refractivity contribution in [2.24, 2.45) is 0 Å². The fourth-order valence-corrected chi connectivity index (χ4v) is 4.49. The Morgan fingerprint density at radius 2 is 2.03 bits per heavy atom. The monoisotopic (exact) mass is 460 g/mol. The van der Waals surface area contributed by atoms with Gasteiger partial charge in [-0.2, -0.15) is 0 Å². The molecule has 152 valence electrons. The Hall–Kier alpha value is -2.41. The second kappa shape index (κ2) is 8.14. The normalized spacial score (nSPS) is 16.2. The predicted molar refractivity (Wildman–Crippen MR) is 111 cm³/mol. The average molecular weight is 461 g/mol. The van der Waals surface area contributed by atoms with Gasteiger partial charge in [0.2, 0.25) is 0 Å². The van der Waals surface area contributed by atoms with Crippen molar-refractivity contribution in [3.05, 3.63) is 62.6 Å². The van der Waals surface area contributed by atoms with Gasteiger partial charge in [0.25, 0.3) is 0 Å². The highest BCUT2D eigenvalue weighted by Gasteiger charge is 2.28. The number of fused-ring (bicyclic) bond motifs is 2. The SMILES string of the molecule is CCOC(=O)N1CCC(=C2c3ccc(O)cc3CCc3c2ncc(Br)c3F)CC1. The molecule has 0 radical (unpaired) electrons. The van der Waals surface area contributed by atoms with E-state index in [-0.39, 0.29) is 17.7 Å². The van der Waals surface area contributed by atoms with Crippen LogP contribution in [0, 0.1) is 5.82 Å². The molecule has 4 rings (SSSR count). The van der Waals surface area contributed by atoms with Gasteiger partial charge in [0.15, 0.2) is 0 Å². The number of phenols is 1. The van der Waals surface area contributed by atoms with Crippen molar-refractivity contribution in [2.75, 3.05) is 19.7 Å². The van der Waals surface area contributed by atoms with Crippen molar-refractivity contribution in [1.82, 2.24) is 9.88 Å². The molecule has 0 saturated carbocycles. The Labute approximate surface area is 177 Å². The third kappa shape index (κ3) is 3.75. The van der Waals surface area contributed by atoms with Crippen LogP contribution in [0.4, 0.5) is 9.18 Å².